The summed E-state index contributed by atoms with van der Waals surface area (Å²) in [6, 6.07) is 15.5. The van der Waals surface area contributed by atoms with Crippen molar-refractivity contribution in [2.24, 2.45) is 0 Å². The third kappa shape index (κ3) is 4.41. The predicted octanol–water partition coefficient (Wildman–Crippen LogP) is 4.13. The van der Waals surface area contributed by atoms with Gasteiger partial charge in [0.2, 0.25) is 5.91 Å². The van der Waals surface area contributed by atoms with Gasteiger partial charge in [0.25, 0.3) is 0 Å². The molecule has 0 saturated heterocycles. The summed E-state index contributed by atoms with van der Waals surface area (Å²) in [6.45, 7) is 0.295. The molecule has 6 aromatic rings. The molecule has 5 aromatic heterocycles. The summed E-state index contributed by atoms with van der Waals surface area (Å²) in [4.78, 5) is 35.5. The van der Waals surface area contributed by atoms with Gasteiger partial charge in [0.05, 0.1) is 35.2 Å². The van der Waals surface area contributed by atoms with E-state index < -0.39 is 0 Å². The number of hydrogen-bond donors (Lipinski definition) is 3. The second kappa shape index (κ2) is 9.25. The first-order chi connectivity index (χ1) is 18.0. The van der Waals surface area contributed by atoms with Gasteiger partial charge in [-0.15, -0.1) is 0 Å². The SMILES string of the molecule is CN(C)CC(=O)Nc1cncc(-c2ccc3[nH]nc(-c4nc5c(-c6ccccn6)nccc5[nH]4)c3c2)c1. The van der Waals surface area contributed by atoms with E-state index in [1.165, 1.54) is 0 Å². The van der Waals surface area contributed by atoms with Crippen molar-refractivity contribution in [1.29, 1.82) is 0 Å². The summed E-state index contributed by atoms with van der Waals surface area (Å²) in [7, 11) is 3.70. The smallest absolute Gasteiger partial charge is 0.238 e. The second-order valence-electron chi connectivity index (χ2n) is 8.94. The number of amides is 1. The van der Waals surface area contributed by atoms with Crippen molar-refractivity contribution in [3.63, 3.8) is 0 Å². The lowest BCUT2D eigenvalue weighted by Crippen LogP contribution is -2.27. The minimum absolute atomic E-state index is 0.0963. The Morgan fingerprint density at radius 1 is 0.946 bits per heavy atom. The molecule has 37 heavy (non-hydrogen) atoms. The molecule has 10 nitrogen and oxygen atoms in total. The zero-order valence-electron chi connectivity index (χ0n) is 20.2. The van der Waals surface area contributed by atoms with Gasteiger partial charge in [-0.05, 0) is 56.1 Å². The van der Waals surface area contributed by atoms with Crippen LogP contribution in [0, 0.1) is 0 Å². The normalized spacial score (nSPS) is 11.4. The summed E-state index contributed by atoms with van der Waals surface area (Å²) in [6.07, 6.45) is 6.89. The van der Waals surface area contributed by atoms with Crippen molar-refractivity contribution in [3.8, 4) is 34.0 Å². The van der Waals surface area contributed by atoms with Gasteiger partial charge >= 0.3 is 0 Å². The van der Waals surface area contributed by atoms with E-state index in [-0.39, 0.29) is 5.91 Å². The molecule has 0 spiro atoms. The van der Waals surface area contributed by atoms with E-state index in [0.29, 0.717) is 29.4 Å². The average Bonchev–Trinajstić information content (AvgIpc) is 3.52. The molecular formula is C27H23N9O. The van der Waals surface area contributed by atoms with Crippen LogP contribution in [0.5, 0.6) is 0 Å². The molecular weight excluding hydrogens is 466 g/mol. The molecule has 0 aliphatic rings. The van der Waals surface area contributed by atoms with Crippen molar-refractivity contribution < 1.29 is 4.79 Å². The van der Waals surface area contributed by atoms with Crippen LogP contribution in [0.3, 0.4) is 0 Å². The van der Waals surface area contributed by atoms with Gasteiger partial charge in [-0.1, -0.05) is 12.1 Å². The monoisotopic (exact) mass is 489 g/mol. The maximum atomic E-state index is 12.2. The third-order valence-electron chi connectivity index (χ3n) is 5.91. The lowest BCUT2D eigenvalue weighted by molar-refractivity contribution is -0.116. The molecule has 0 saturated carbocycles. The van der Waals surface area contributed by atoms with Gasteiger partial charge in [0.15, 0.2) is 5.82 Å². The van der Waals surface area contributed by atoms with Crippen LogP contribution in [0.2, 0.25) is 0 Å². The number of fused-ring (bicyclic) bond motifs is 2. The summed E-state index contributed by atoms with van der Waals surface area (Å²) in [5.74, 6) is 0.535. The van der Waals surface area contributed by atoms with Crippen LogP contribution in [-0.4, -0.2) is 66.6 Å². The molecule has 0 bridgehead atoms. The van der Waals surface area contributed by atoms with E-state index in [0.717, 1.165) is 38.8 Å². The van der Waals surface area contributed by atoms with Crippen LogP contribution in [0.1, 0.15) is 0 Å². The van der Waals surface area contributed by atoms with E-state index in [9.17, 15) is 4.79 Å². The number of likely N-dealkylation sites (N-methyl/N-ethyl adjacent to an activating group) is 1. The molecule has 5 heterocycles. The average molecular weight is 490 g/mol. The molecule has 182 valence electrons. The molecule has 0 radical (unpaired) electrons. The molecule has 1 aromatic carbocycles. The molecule has 1 amide bonds. The highest BCUT2D eigenvalue weighted by Gasteiger charge is 2.17. The Morgan fingerprint density at radius 3 is 2.70 bits per heavy atom. The number of imidazole rings is 1. The zero-order valence-corrected chi connectivity index (χ0v) is 20.2. The van der Waals surface area contributed by atoms with E-state index in [4.69, 9.17) is 4.98 Å². The maximum absolute atomic E-state index is 12.2. The van der Waals surface area contributed by atoms with Crippen LogP contribution < -0.4 is 5.32 Å². The molecule has 0 aliphatic heterocycles. The number of pyridine rings is 3. The Kier molecular flexibility index (Phi) is 5.62. The molecule has 0 aliphatic carbocycles. The maximum Gasteiger partial charge on any atom is 0.238 e. The van der Waals surface area contributed by atoms with Crippen molar-refractivity contribution in [3.05, 3.63) is 73.3 Å². The largest absolute Gasteiger partial charge is 0.336 e. The number of carbonyl (C=O) groups is 1. The number of nitrogens with zero attached hydrogens (tertiary/aromatic N) is 6. The molecule has 0 fully saturated rings. The number of H-pyrrole nitrogens is 2. The Labute approximate surface area is 211 Å². The van der Waals surface area contributed by atoms with Crippen LogP contribution in [0.4, 0.5) is 5.69 Å². The third-order valence-corrected chi connectivity index (χ3v) is 5.91. The Bertz CT molecular complexity index is 1740. The highest BCUT2D eigenvalue weighted by Crippen LogP contribution is 2.32. The number of anilines is 1. The van der Waals surface area contributed by atoms with Gasteiger partial charge in [-0.2, -0.15) is 5.10 Å². The van der Waals surface area contributed by atoms with Gasteiger partial charge in [0.1, 0.15) is 16.9 Å². The fourth-order valence-corrected chi connectivity index (χ4v) is 4.27. The predicted molar refractivity (Wildman–Crippen MR) is 143 cm³/mol. The number of benzene rings is 1. The summed E-state index contributed by atoms with van der Waals surface area (Å²) < 4.78 is 0. The van der Waals surface area contributed by atoms with E-state index in [1.807, 2.05) is 67.5 Å². The van der Waals surface area contributed by atoms with Gasteiger partial charge < -0.3 is 15.2 Å². The minimum Gasteiger partial charge on any atom is -0.336 e. The van der Waals surface area contributed by atoms with Crippen LogP contribution in [0.25, 0.3) is 56.0 Å². The first-order valence-electron chi connectivity index (χ1n) is 11.7. The number of nitrogens with one attached hydrogen (secondary N) is 3. The quantitative estimate of drug-likeness (QED) is 0.321. The summed E-state index contributed by atoms with van der Waals surface area (Å²) in [5.41, 5.74) is 7.09. The van der Waals surface area contributed by atoms with E-state index >= 15 is 0 Å². The first kappa shape index (κ1) is 22.5. The number of aromatic nitrogens is 7. The van der Waals surface area contributed by atoms with Crippen molar-refractivity contribution in [2.45, 2.75) is 0 Å². The van der Waals surface area contributed by atoms with E-state index in [2.05, 4.69) is 35.5 Å². The fourth-order valence-electron chi connectivity index (χ4n) is 4.27. The highest BCUT2D eigenvalue weighted by molar-refractivity contribution is 5.98. The Hall–Kier alpha value is -4.96. The topological polar surface area (TPSA) is 128 Å². The molecule has 6 rings (SSSR count). The molecule has 0 unspecified atom stereocenters. The Balaban J connectivity index is 1.38. The number of rotatable bonds is 6. The molecule has 10 heteroatoms. The Morgan fingerprint density at radius 2 is 1.86 bits per heavy atom. The number of carbonyl (C=O) groups excluding carboxylic acids is 1. The van der Waals surface area contributed by atoms with Crippen molar-refractivity contribution in [1.82, 2.24) is 40.0 Å². The standard InChI is InChI=1S/C27H23N9O/c1-36(2)15-23(37)31-18-11-17(13-28-14-18)16-6-7-20-19(12-16)24(35-34-20)27-32-22-8-10-30-25(26(22)33-27)21-5-3-4-9-29-21/h3-14H,15H2,1-2H3,(H,31,37)(H,32,33)(H,34,35). The van der Waals surface area contributed by atoms with Gasteiger partial charge in [0, 0.05) is 29.5 Å². The van der Waals surface area contributed by atoms with Crippen LogP contribution >= 0.6 is 0 Å². The highest BCUT2D eigenvalue weighted by atomic mass is 16.2. The van der Waals surface area contributed by atoms with Gasteiger partial charge in [-0.25, -0.2) is 4.98 Å². The van der Waals surface area contributed by atoms with Crippen molar-refractivity contribution in [2.75, 3.05) is 26.0 Å². The molecule has 0 atom stereocenters. The van der Waals surface area contributed by atoms with E-state index in [1.54, 1.807) is 24.8 Å². The van der Waals surface area contributed by atoms with Crippen LogP contribution in [0.15, 0.2) is 73.3 Å². The lowest BCUT2D eigenvalue weighted by Gasteiger charge is -2.11. The first-order valence-corrected chi connectivity index (χ1v) is 11.7. The summed E-state index contributed by atoms with van der Waals surface area (Å²) in [5, 5.41) is 11.5. The van der Waals surface area contributed by atoms with Gasteiger partial charge in [-0.3, -0.25) is 24.8 Å². The number of hydrogen-bond acceptors (Lipinski definition) is 7. The second-order valence-corrected chi connectivity index (χ2v) is 8.94. The minimum atomic E-state index is -0.0963. The number of aromatic amines is 2. The van der Waals surface area contributed by atoms with Crippen molar-refractivity contribution >= 4 is 33.5 Å². The zero-order chi connectivity index (χ0) is 25.4. The van der Waals surface area contributed by atoms with Crippen LogP contribution in [-0.2, 0) is 4.79 Å². The fraction of sp³-hybridized carbons (Fsp3) is 0.111. The lowest BCUT2D eigenvalue weighted by atomic mass is 10.0. The summed E-state index contributed by atoms with van der Waals surface area (Å²) >= 11 is 0. The molecule has 3 N–H and O–H groups in total.